The minimum atomic E-state index is -0.267. The molecule has 0 atom stereocenters. The van der Waals surface area contributed by atoms with Gasteiger partial charge in [0.05, 0.1) is 0 Å². The number of aromatic nitrogens is 3. The Morgan fingerprint density at radius 3 is 2.83 bits per heavy atom. The number of nitrogens with zero attached hydrogens (tertiary/aromatic N) is 3. The van der Waals surface area contributed by atoms with Crippen LogP contribution in [0.5, 0.6) is 0 Å². The number of carbonyl (C=O) groups excluding carboxylic acids is 1. The van der Waals surface area contributed by atoms with Crippen LogP contribution in [0, 0.1) is 19.7 Å². The monoisotopic (exact) mass is 420 g/mol. The predicted octanol–water partition coefficient (Wildman–Crippen LogP) is 5.12. The molecular formula is C23H21FN4OS. The van der Waals surface area contributed by atoms with Crippen molar-refractivity contribution in [2.45, 2.75) is 31.3 Å². The van der Waals surface area contributed by atoms with Gasteiger partial charge < -0.3 is 5.32 Å². The van der Waals surface area contributed by atoms with Crippen molar-refractivity contribution in [1.82, 2.24) is 14.5 Å². The van der Waals surface area contributed by atoms with E-state index >= 15 is 0 Å². The number of aryl methyl sites for hydroxylation is 2. The highest BCUT2D eigenvalue weighted by Gasteiger charge is 2.16. The van der Waals surface area contributed by atoms with Crippen molar-refractivity contribution < 1.29 is 9.18 Å². The molecule has 2 aromatic heterocycles. The van der Waals surface area contributed by atoms with Gasteiger partial charge in [0, 0.05) is 17.6 Å². The summed E-state index contributed by atoms with van der Waals surface area (Å²) in [6.07, 6.45) is 1.68. The molecule has 0 fully saturated rings. The van der Waals surface area contributed by atoms with Crippen LogP contribution >= 0.6 is 11.8 Å². The van der Waals surface area contributed by atoms with E-state index < -0.39 is 0 Å². The lowest BCUT2D eigenvalue weighted by atomic mass is 10.1. The van der Waals surface area contributed by atoms with Crippen LogP contribution in [-0.4, -0.2) is 20.4 Å². The average molecular weight is 421 g/mol. The Bertz CT molecular complexity index is 1220. The van der Waals surface area contributed by atoms with E-state index in [-0.39, 0.29) is 18.3 Å². The van der Waals surface area contributed by atoms with Crippen LogP contribution in [-0.2, 0) is 17.1 Å². The number of rotatable bonds is 6. The van der Waals surface area contributed by atoms with Crippen LogP contribution in [0.25, 0.3) is 11.2 Å². The van der Waals surface area contributed by atoms with E-state index in [0.717, 1.165) is 27.9 Å². The Morgan fingerprint density at radius 2 is 2.00 bits per heavy atom. The van der Waals surface area contributed by atoms with Crippen molar-refractivity contribution >= 4 is 34.5 Å². The Kier molecular flexibility index (Phi) is 5.81. The summed E-state index contributed by atoms with van der Waals surface area (Å²) < 4.78 is 15.3. The largest absolute Gasteiger partial charge is 0.324 e. The second-order valence-electron chi connectivity index (χ2n) is 7.11. The Labute approximate surface area is 178 Å². The summed E-state index contributed by atoms with van der Waals surface area (Å²) in [4.78, 5) is 21.9. The number of thioether (sulfide) groups is 1. The fraction of sp³-hybridized carbons (Fsp3) is 0.174. The first-order chi connectivity index (χ1) is 14.5. The highest BCUT2D eigenvalue weighted by molar-refractivity contribution is 7.98. The van der Waals surface area contributed by atoms with Crippen molar-refractivity contribution in [3.05, 3.63) is 83.3 Å². The molecule has 0 aliphatic rings. The van der Waals surface area contributed by atoms with Gasteiger partial charge in [-0.05, 0) is 60.9 Å². The third kappa shape index (κ3) is 4.52. The normalized spacial score (nSPS) is 11.0. The van der Waals surface area contributed by atoms with Crippen LogP contribution in [0.3, 0.4) is 0 Å². The first-order valence-electron chi connectivity index (χ1n) is 9.55. The molecule has 152 valence electrons. The first kappa shape index (κ1) is 20.1. The Hall–Kier alpha value is -3.19. The topological polar surface area (TPSA) is 59.8 Å². The molecule has 0 aliphatic carbocycles. The molecule has 30 heavy (non-hydrogen) atoms. The molecule has 4 rings (SSSR count). The Balaban J connectivity index is 1.58. The fourth-order valence-electron chi connectivity index (χ4n) is 3.17. The number of anilines is 1. The van der Waals surface area contributed by atoms with Crippen molar-refractivity contribution in [3.8, 4) is 0 Å². The lowest BCUT2D eigenvalue weighted by Gasteiger charge is -2.11. The molecule has 1 N–H and O–H groups in total. The van der Waals surface area contributed by atoms with Gasteiger partial charge >= 0.3 is 0 Å². The van der Waals surface area contributed by atoms with Crippen LogP contribution < -0.4 is 5.32 Å². The van der Waals surface area contributed by atoms with Gasteiger partial charge in [0.1, 0.15) is 17.9 Å². The molecule has 1 amide bonds. The molecule has 5 nitrogen and oxygen atoms in total. The van der Waals surface area contributed by atoms with Gasteiger partial charge in [-0.3, -0.25) is 9.36 Å². The van der Waals surface area contributed by atoms with Gasteiger partial charge in [-0.1, -0.05) is 36.0 Å². The highest BCUT2D eigenvalue weighted by atomic mass is 32.2. The SMILES string of the molecule is Cc1ccc(C)c(NC(=O)Cn2c(SCc3cccc(F)c3)nc3cccnc32)c1. The summed E-state index contributed by atoms with van der Waals surface area (Å²) in [6, 6.07) is 16.1. The number of imidazole rings is 1. The van der Waals surface area contributed by atoms with Crippen molar-refractivity contribution in [2.24, 2.45) is 0 Å². The molecule has 0 spiro atoms. The summed E-state index contributed by atoms with van der Waals surface area (Å²) in [7, 11) is 0. The summed E-state index contributed by atoms with van der Waals surface area (Å²) >= 11 is 1.45. The summed E-state index contributed by atoms with van der Waals surface area (Å²) in [5.74, 6) is 0.122. The maximum Gasteiger partial charge on any atom is 0.244 e. The molecule has 0 saturated heterocycles. The minimum Gasteiger partial charge on any atom is -0.324 e. The average Bonchev–Trinajstić information content (AvgIpc) is 3.07. The van der Waals surface area contributed by atoms with E-state index in [0.29, 0.717) is 16.6 Å². The number of hydrogen-bond donors (Lipinski definition) is 1. The zero-order valence-electron chi connectivity index (χ0n) is 16.7. The smallest absolute Gasteiger partial charge is 0.244 e. The number of hydrogen-bond acceptors (Lipinski definition) is 4. The third-order valence-corrected chi connectivity index (χ3v) is 5.74. The number of nitrogens with one attached hydrogen (secondary N) is 1. The summed E-state index contributed by atoms with van der Waals surface area (Å²) in [6.45, 7) is 4.04. The molecule has 0 aliphatic heterocycles. The molecule has 2 aromatic carbocycles. The summed E-state index contributed by atoms with van der Waals surface area (Å²) in [5, 5.41) is 3.66. The Morgan fingerprint density at radius 1 is 1.13 bits per heavy atom. The van der Waals surface area contributed by atoms with Crippen LogP contribution in [0.1, 0.15) is 16.7 Å². The maximum absolute atomic E-state index is 13.5. The zero-order chi connectivity index (χ0) is 21.1. The van der Waals surface area contributed by atoms with Crippen molar-refractivity contribution in [2.75, 3.05) is 5.32 Å². The lowest BCUT2D eigenvalue weighted by Crippen LogP contribution is -2.20. The molecular weight excluding hydrogens is 399 g/mol. The number of pyridine rings is 1. The van der Waals surface area contributed by atoms with E-state index in [9.17, 15) is 9.18 Å². The van der Waals surface area contributed by atoms with Crippen LogP contribution in [0.4, 0.5) is 10.1 Å². The number of amides is 1. The fourth-order valence-corrected chi connectivity index (χ4v) is 4.11. The zero-order valence-corrected chi connectivity index (χ0v) is 17.5. The maximum atomic E-state index is 13.5. The molecule has 0 saturated carbocycles. The molecule has 0 radical (unpaired) electrons. The molecule has 0 bridgehead atoms. The third-order valence-electron chi connectivity index (χ3n) is 4.69. The molecule has 2 heterocycles. The second kappa shape index (κ2) is 8.67. The van der Waals surface area contributed by atoms with E-state index in [4.69, 9.17) is 0 Å². The molecule has 7 heteroatoms. The van der Waals surface area contributed by atoms with E-state index in [1.807, 2.05) is 50.2 Å². The van der Waals surface area contributed by atoms with Crippen LogP contribution in [0.15, 0.2) is 66.0 Å². The predicted molar refractivity (Wildman–Crippen MR) is 118 cm³/mol. The standard InChI is InChI=1S/C23H21FN4OS/c1-15-8-9-16(2)20(11-15)26-21(29)13-28-22-19(7-4-10-25-22)27-23(28)30-14-17-5-3-6-18(24)12-17/h3-12H,13-14H2,1-2H3,(H,26,29). The number of fused-ring (bicyclic) bond motifs is 1. The van der Waals surface area contributed by atoms with Gasteiger partial charge in [0.15, 0.2) is 10.8 Å². The number of benzene rings is 2. The van der Waals surface area contributed by atoms with Crippen molar-refractivity contribution in [3.63, 3.8) is 0 Å². The second-order valence-corrected chi connectivity index (χ2v) is 8.05. The van der Waals surface area contributed by atoms with Crippen LogP contribution in [0.2, 0.25) is 0 Å². The highest BCUT2D eigenvalue weighted by Crippen LogP contribution is 2.26. The quantitative estimate of drug-likeness (QED) is 0.440. The van der Waals surface area contributed by atoms with Gasteiger partial charge in [-0.15, -0.1) is 0 Å². The van der Waals surface area contributed by atoms with E-state index in [1.165, 1.54) is 23.9 Å². The first-order valence-corrected chi connectivity index (χ1v) is 10.5. The van der Waals surface area contributed by atoms with Crippen molar-refractivity contribution in [1.29, 1.82) is 0 Å². The number of carbonyl (C=O) groups is 1. The summed E-state index contributed by atoms with van der Waals surface area (Å²) in [5.41, 5.74) is 5.10. The van der Waals surface area contributed by atoms with E-state index in [1.54, 1.807) is 16.8 Å². The molecule has 0 unspecified atom stereocenters. The number of halogens is 1. The minimum absolute atomic E-state index is 0.0897. The lowest BCUT2D eigenvalue weighted by molar-refractivity contribution is -0.116. The van der Waals surface area contributed by atoms with E-state index in [2.05, 4.69) is 15.3 Å². The van der Waals surface area contributed by atoms with Gasteiger partial charge in [-0.2, -0.15) is 0 Å². The molecule has 4 aromatic rings. The van der Waals surface area contributed by atoms with Gasteiger partial charge in [0.25, 0.3) is 0 Å². The van der Waals surface area contributed by atoms with Gasteiger partial charge in [-0.25, -0.2) is 14.4 Å². The van der Waals surface area contributed by atoms with Gasteiger partial charge in [0.2, 0.25) is 5.91 Å².